The van der Waals surface area contributed by atoms with Gasteiger partial charge in [-0.25, -0.2) is 4.90 Å². The maximum Gasteiger partial charge on any atom is 0.266 e. The maximum absolute atomic E-state index is 12.8. The first kappa shape index (κ1) is 23.2. The van der Waals surface area contributed by atoms with Crippen molar-refractivity contribution in [3.8, 4) is 11.5 Å². The molecule has 1 aliphatic heterocycles. The minimum Gasteiger partial charge on any atom is -0.496 e. The van der Waals surface area contributed by atoms with Gasteiger partial charge in [-0.2, -0.15) is 0 Å². The molecule has 1 aliphatic rings. The number of nitrogens with one attached hydrogen (secondary N) is 2. The van der Waals surface area contributed by atoms with Crippen molar-refractivity contribution in [2.24, 2.45) is 0 Å². The summed E-state index contributed by atoms with van der Waals surface area (Å²) < 4.78 is 10.6. The van der Waals surface area contributed by atoms with Crippen LogP contribution in [0.25, 0.3) is 0 Å². The van der Waals surface area contributed by atoms with Crippen molar-refractivity contribution in [2.45, 2.75) is 0 Å². The molecule has 1 heterocycles. The Labute approximate surface area is 205 Å². The lowest BCUT2D eigenvalue weighted by Crippen LogP contribution is -2.34. The van der Waals surface area contributed by atoms with Gasteiger partial charge in [0.2, 0.25) is 0 Å². The minimum absolute atomic E-state index is 0.0163. The van der Waals surface area contributed by atoms with Crippen molar-refractivity contribution in [2.75, 3.05) is 24.4 Å². The first-order chi connectivity index (χ1) is 16.3. The molecule has 2 N–H and O–H groups in total. The molecule has 0 unspecified atom stereocenters. The molecule has 0 atom stereocenters. The summed E-state index contributed by atoms with van der Waals surface area (Å²) in [5.41, 5.74) is 1.64. The number of hydrogen-bond acceptors (Lipinski definition) is 6. The monoisotopic (exact) mass is 495 g/mol. The van der Waals surface area contributed by atoms with Crippen molar-refractivity contribution < 1.29 is 23.9 Å². The molecule has 4 rings (SSSR count). The Morgan fingerprint density at radius 3 is 2.18 bits per heavy atom. The van der Waals surface area contributed by atoms with E-state index < -0.39 is 17.7 Å². The molecule has 10 heteroatoms. The number of fused-ring (bicyclic) bond motifs is 1. The van der Waals surface area contributed by atoms with Gasteiger partial charge in [-0.1, -0.05) is 23.7 Å². The quantitative estimate of drug-likeness (QED) is 0.402. The fraction of sp³-hybridized carbons (Fsp3) is 0.0833. The molecule has 0 bridgehead atoms. The SMILES string of the molecule is COc1ccc(Cl)cc1C(=O)NC(=S)Nc1ccc(N2C(=O)c3ccccc3C2=O)c(OC)c1. The van der Waals surface area contributed by atoms with Crippen LogP contribution in [0, 0.1) is 0 Å². The number of carbonyl (C=O) groups is 3. The number of ether oxygens (including phenoxy) is 2. The van der Waals surface area contributed by atoms with Gasteiger partial charge in [-0.3, -0.25) is 19.7 Å². The molecule has 172 valence electrons. The van der Waals surface area contributed by atoms with Crippen LogP contribution in [0.1, 0.15) is 31.1 Å². The number of benzene rings is 3. The van der Waals surface area contributed by atoms with Gasteiger partial charge in [-0.15, -0.1) is 0 Å². The zero-order valence-corrected chi connectivity index (χ0v) is 19.6. The second kappa shape index (κ2) is 9.50. The van der Waals surface area contributed by atoms with Gasteiger partial charge >= 0.3 is 0 Å². The Balaban J connectivity index is 1.52. The summed E-state index contributed by atoms with van der Waals surface area (Å²) in [7, 11) is 2.87. The van der Waals surface area contributed by atoms with E-state index in [1.807, 2.05) is 0 Å². The van der Waals surface area contributed by atoms with E-state index in [4.69, 9.17) is 33.3 Å². The molecular formula is C24H18ClN3O5S. The standard InChI is InChI=1S/C24H18ClN3O5S/c1-32-19-10-7-13(25)11-17(19)21(29)27-24(34)26-14-8-9-18(20(12-14)33-2)28-22(30)15-5-3-4-6-16(15)23(28)31/h3-12H,1-2H3,(H2,26,27,29,34). The van der Waals surface area contributed by atoms with Crippen LogP contribution in [0.3, 0.4) is 0 Å². The summed E-state index contributed by atoms with van der Waals surface area (Å²) in [5, 5.41) is 5.84. The van der Waals surface area contributed by atoms with Gasteiger partial charge in [0.05, 0.1) is 36.6 Å². The molecule has 3 aromatic carbocycles. The zero-order chi connectivity index (χ0) is 24.4. The van der Waals surface area contributed by atoms with Crippen LogP contribution >= 0.6 is 23.8 Å². The predicted octanol–water partition coefficient (Wildman–Crippen LogP) is 4.28. The van der Waals surface area contributed by atoms with E-state index >= 15 is 0 Å². The van der Waals surface area contributed by atoms with Crippen molar-refractivity contribution in [1.29, 1.82) is 0 Å². The Bertz CT molecular complexity index is 1310. The smallest absolute Gasteiger partial charge is 0.266 e. The number of thiocarbonyl (C=S) groups is 1. The Hall–Kier alpha value is -3.95. The third kappa shape index (κ3) is 4.30. The predicted molar refractivity (Wildman–Crippen MR) is 132 cm³/mol. The van der Waals surface area contributed by atoms with Crippen LogP contribution < -0.4 is 25.0 Å². The summed E-state index contributed by atoms with van der Waals surface area (Å²) in [4.78, 5) is 39.3. The fourth-order valence-corrected chi connectivity index (χ4v) is 3.92. The molecule has 0 saturated heterocycles. The highest BCUT2D eigenvalue weighted by Crippen LogP contribution is 2.36. The van der Waals surface area contributed by atoms with Gasteiger partial charge < -0.3 is 14.8 Å². The normalized spacial score (nSPS) is 12.3. The zero-order valence-electron chi connectivity index (χ0n) is 18.0. The highest BCUT2D eigenvalue weighted by molar-refractivity contribution is 7.80. The number of rotatable bonds is 5. The Kier molecular flexibility index (Phi) is 6.49. The molecule has 0 radical (unpaired) electrons. The van der Waals surface area contributed by atoms with Crippen LogP contribution in [0.5, 0.6) is 11.5 Å². The van der Waals surface area contributed by atoms with E-state index in [1.165, 1.54) is 20.3 Å². The van der Waals surface area contributed by atoms with Crippen LogP contribution in [-0.4, -0.2) is 37.1 Å². The van der Waals surface area contributed by atoms with Crippen molar-refractivity contribution in [1.82, 2.24) is 5.32 Å². The van der Waals surface area contributed by atoms with E-state index in [0.29, 0.717) is 27.6 Å². The average molecular weight is 496 g/mol. The number of nitrogens with zero attached hydrogens (tertiary/aromatic N) is 1. The number of methoxy groups -OCH3 is 2. The largest absolute Gasteiger partial charge is 0.496 e. The molecule has 0 fully saturated rings. The van der Waals surface area contributed by atoms with Gasteiger partial charge in [0.25, 0.3) is 17.7 Å². The van der Waals surface area contributed by atoms with Crippen molar-refractivity contribution in [3.63, 3.8) is 0 Å². The lowest BCUT2D eigenvalue weighted by atomic mass is 10.1. The first-order valence-electron chi connectivity index (χ1n) is 9.95. The molecular weight excluding hydrogens is 478 g/mol. The Morgan fingerprint density at radius 2 is 1.56 bits per heavy atom. The summed E-state index contributed by atoms with van der Waals surface area (Å²) in [6.07, 6.45) is 0. The molecule has 34 heavy (non-hydrogen) atoms. The highest BCUT2D eigenvalue weighted by Gasteiger charge is 2.37. The van der Waals surface area contributed by atoms with Crippen LogP contribution in [0.15, 0.2) is 60.7 Å². The summed E-state index contributed by atoms with van der Waals surface area (Å²) in [5.74, 6) is -0.760. The number of carbonyl (C=O) groups excluding carboxylic acids is 3. The number of anilines is 2. The molecule has 8 nitrogen and oxygen atoms in total. The third-order valence-corrected chi connectivity index (χ3v) is 5.54. The van der Waals surface area contributed by atoms with Gasteiger partial charge in [0.1, 0.15) is 11.5 Å². The van der Waals surface area contributed by atoms with E-state index in [9.17, 15) is 14.4 Å². The first-order valence-corrected chi connectivity index (χ1v) is 10.7. The van der Waals surface area contributed by atoms with Crippen molar-refractivity contribution in [3.05, 3.63) is 82.4 Å². The van der Waals surface area contributed by atoms with Gasteiger partial charge in [-0.05, 0) is 54.7 Å². The minimum atomic E-state index is -0.508. The van der Waals surface area contributed by atoms with E-state index in [-0.39, 0.29) is 22.1 Å². The summed E-state index contributed by atoms with van der Waals surface area (Å²) in [6.45, 7) is 0. The lowest BCUT2D eigenvalue weighted by Gasteiger charge is -2.19. The second-order valence-electron chi connectivity index (χ2n) is 7.13. The third-order valence-electron chi connectivity index (χ3n) is 5.11. The van der Waals surface area contributed by atoms with E-state index in [0.717, 1.165) is 4.90 Å². The number of imide groups is 1. The van der Waals surface area contributed by atoms with Crippen LogP contribution in [-0.2, 0) is 0 Å². The number of amides is 3. The average Bonchev–Trinajstić information content (AvgIpc) is 3.09. The molecule has 3 amide bonds. The molecule has 0 saturated carbocycles. The van der Waals surface area contributed by atoms with E-state index in [2.05, 4.69) is 10.6 Å². The molecule has 0 aromatic heterocycles. The summed E-state index contributed by atoms with van der Waals surface area (Å²) in [6, 6.07) is 16.0. The number of hydrogen-bond donors (Lipinski definition) is 2. The lowest BCUT2D eigenvalue weighted by molar-refractivity contribution is 0.0922. The Morgan fingerprint density at radius 1 is 0.912 bits per heavy atom. The second-order valence-corrected chi connectivity index (χ2v) is 7.98. The molecule has 0 aliphatic carbocycles. The summed E-state index contributed by atoms with van der Waals surface area (Å²) >= 11 is 11.2. The van der Waals surface area contributed by atoms with Gasteiger partial charge in [0, 0.05) is 16.8 Å². The van der Waals surface area contributed by atoms with Crippen molar-refractivity contribution >= 4 is 58.0 Å². The maximum atomic E-state index is 12.8. The van der Waals surface area contributed by atoms with Crippen LogP contribution in [0.2, 0.25) is 5.02 Å². The highest BCUT2D eigenvalue weighted by atomic mass is 35.5. The topological polar surface area (TPSA) is 97.0 Å². The van der Waals surface area contributed by atoms with Crippen LogP contribution in [0.4, 0.5) is 11.4 Å². The van der Waals surface area contributed by atoms with E-state index in [1.54, 1.807) is 54.6 Å². The molecule has 3 aromatic rings. The fourth-order valence-electron chi connectivity index (χ4n) is 3.54. The number of halogens is 1. The van der Waals surface area contributed by atoms with Gasteiger partial charge in [0.15, 0.2) is 5.11 Å². The molecule has 0 spiro atoms.